The number of aryl methyl sites for hydroxylation is 1. The number of ether oxygens (including phenoxy) is 1. The van der Waals surface area contributed by atoms with E-state index in [1.165, 1.54) is 0 Å². The fraction of sp³-hybridized carbons (Fsp3) is 0.556. The van der Waals surface area contributed by atoms with Crippen molar-refractivity contribution >= 4 is 16.9 Å². The monoisotopic (exact) mass is 347 g/mol. The van der Waals surface area contributed by atoms with Crippen molar-refractivity contribution in [1.29, 1.82) is 0 Å². The summed E-state index contributed by atoms with van der Waals surface area (Å²) >= 11 is 0. The summed E-state index contributed by atoms with van der Waals surface area (Å²) in [6, 6.07) is 7.29. The van der Waals surface area contributed by atoms with Crippen molar-refractivity contribution in [2.45, 2.75) is 44.6 Å². The molecule has 1 saturated heterocycles. The van der Waals surface area contributed by atoms with Crippen molar-refractivity contribution in [3.63, 3.8) is 0 Å². The zero-order valence-corrected chi connectivity index (χ0v) is 14.4. The van der Waals surface area contributed by atoms with E-state index in [2.05, 4.69) is 4.98 Å². The van der Waals surface area contributed by atoms with Gasteiger partial charge in [-0.3, -0.25) is 4.79 Å². The highest BCUT2D eigenvalue weighted by molar-refractivity contribution is 5.78. The Morgan fingerprint density at radius 3 is 2.96 bits per heavy atom. The van der Waals surface area contributed by atoms with Gasteiger partial charge in [0.05, 0.1) is 36.6 Å². The van der Waals surface area contributed by atoms with Crippen LogP contribution in [0.25, 0.3) is 11.0 Å². The second kappa shape index (κ2) is 7.95. The molecule has 0 bridgehead atoms. The van der Waals surface area contributed by atoms with Crippen molar-refractivity contribution in [2.24, 2.45) is 0 Å². The highest BCUT2D eigenvalue weighted by Gasteiger charge is 2.37. The van der Waals surface area contributed by atoms with Gasteiger partial charge in [-0.25, -0.2) is 4.98 Å². The third-order valence-electron chi connectivity index (χ3n) is 4.64. The van der Waals surface area contributed by atoms with Crippen LogP contribution < -0.4 is 0 Å². The number of hydrogen-bond donors (Lipinski definition) is 2. The standard InChI is InChI=1S/C18H25N3O4/c1-2-8-21(15-10-25-11-16(22)18(15)24)17(23)7-9-20-12-19-13-5-3-4-6-14(13)20/h3-6,12,15-16,18,22,24H,2,7-11H2,1H3/t15-,16-,18+/m1/s1. The normalized spacial score (nSPS) is 23.7. The van der Waals surface area contributed by atoms with Crippen molar-refractivity contribution in [3.8, 4) is 0 Å². The predicted octanol–water partition coefficient (Wildman–Crippen LogP) is 0.786. The molecule has 0 radical (unpaired) electrons. The lowest BCUT2D eigenvalue weighted by Gasteiger charge is -2.39. The topological polar surface area (TPSA) is 87.8 Å². The minimum atomic E-state index is -0.974. The summed E-state index contributed by atoms with van der Waals surface area (Å²) in [6.45, 7) is 3.38. The smallest absolute Gasteiger partial charge is 0.224 e. The van der Waals surface area contributed by atoms with Gasteiger partial charge in [0.2, 0.25) is 5.91 Å². The average Bonchev–Trinajstić information content (AvgIpc) is 3.03. The van der Waals surface area contributed by atoms with Crippen LogP contribution in [0.4, 0.5) is 0 Å². The van der Waals surface area contributed by atoms with Crippen molar-refractivity contribution in [2.75, 3.05) is 19.8 Å². The Morgan fingerprint density at radius 2 is 2.16 bits per heavy atom. The molecule has 1 aromatic carbocycles. The summed E-state index contributed by atoms with van der Waals surface area (Å²) < 4.78 is 7.29. The quantitative estimate of drug-likeness (QED) is 0.806. The van der Waals surface area contributed by atoms with Crippen LogP contribution in [0.3, 0.4) is 0 Å². The molecule has 1 aliphatic heterocycles. The Bertz CT molecular complexity index is 717. The van der Waals surface area contributed by atoms with E-state index in [-0.39, 0.29) is 19.1 Å². The lowest BCUT2D eigenvalue weighted by molar-refractivity contribution is -0.156. The number of nitrogens with zero attached hydrogens (tertiary/aromatic N) is 3. The maximum Gasteiger partial charge on any atom is 0.224 e. The molecule has 3 rings (SSSR count). The van der Waals surface area contributed by atoms with Gasteiger partial charge in [-0.05, 0) is 18.6 Å². The van der Waals surface area contributed by atoms with Gasteiger partial charge < -0.3 is 24.4 Å². The number of imidazole rings is 1. The highest BCUT2D eigenvalue weighted by atomic mass is 16.5. The first kappa shape index (κ1) is 17.8. The second-order valence-corrected chi connectivity index (χ2v) is 6.43. The van der Waals surface area contributed by atoms with Gasteiger partial charge in [0.1, 0.15) is 12.2 Å². The summed E-state index contributed by atoms with van der Waals surface area (Å²) in [5, 5.41) is 20.1. The first-order valence-corrected chi connectivity index (χ1v) is 8.75. The van der Waals surface area contributed by atoms with Gasteiger partial charge in [-0.2, -0.15) is 0 Å². The van der Waals surface area contributed by atoms with E-state index in [9.17, 15) is 15.0 Å². The Kier molecular flexibility index (Phi) is 5.67. The number of aliphatic hydroxyl groups is 2. The van der Waals surface area contributed by atoms with Gasteiger partial charge in [-0.1, -0.05) is 19.1 Å². The summed E-state index contributed by atoms with van der Waals surface area (Å²) in [6.07, 6.45) is 0.894. The molecule has 7 heteroatoms. The maximum absolute atomic E-state index is 12.8. The molecule has 0 saturated carbocycles. The molecule has 1 fully saturated rings. The number of carbonyl (C=O) groups is 1. The van der Waals surface area contributed by atoms with E-state index in [1.54, 1.807) is 11.2 Å². The summed E-state index contributed by atoms with van der Waals surface area (Å²) in [7, 11) is 0. The number of benzene rings is 1. The number of aromatic nitrogens is 2. The Hall–Kier alpha value is -1.96. The fourth-order valence-corrected chi connectivity index (χ4v) is 3.30. The number of aliphatic hydroxyl groups excluding tert-OH is 2. The van der Waals surface area contributed by atoms with Crippen molar-refractivity contribution in [3.05, 3.63) is 30.6 Å². The minimum Gasteiger partial charge on any atom is -0.388 e. The van der Waals surface area contributed by atoms with Crippen LogP contribution in [-0.4, -0.2) is 68.6 Å². The summed E-state index contributed by atoms with van der Waals surface area (Å²) in [5.74, 6) is -0.0543. The van der Waals surface area contributed by atoms with Crippen molar-refractivity contribution in [1.82, 2.24) is 14.5 Å². The van der Waals surface area contributed by atoms with Crippen LogP contribution >= 0.6 is 0 Å². The van der Waals surface area contributed by atoms with Gasteiger partial charge in [0.15, 0.2) is 0 Å². The molecule has 2 N–H and O–H groups in total. The van der Waals surface area contributed by atoms with Crippen LogP contribution in [0.5, 0.6) is 0 Å². The van der Waals surface area contributed by atoms with E-state index in [4.69, 9.17) is 4.74 Å². The largest absolute Gasteiger partial charge is 0.388 e. The molecule has 136 valence electrons. The number of hydrogen-bond acceptors (Lipinski definition) is 5. The maximum atomic E-state index is 12.8. The zero-order valence-electron chi connectivity index (χ0n) is 14.4. The molecule has 1 aromatic heterocycles. The molecule has 1 amide bonds. The molecular weight excluding hydrogens is 322 g/mol. The Balaban J connectivity index is 1.68. The van der Waals surface area contributed by atoms with Crippen molar-refractivity contribution < 1.29 is 19.7 Å². The molecule has 2 heterocycles. The molecule has 25 heavy (non-hydrogen) atoms. The lowest BCUT2D eigenvalue weighted by atomic mass is 10.0. The average molecular weight is 347 g/mol. The number of rotatable bonds is 6. The van der Waals surface area contributed by atoms with Crippen LogP contribution in [0, 0.1) is 0 Å². The number of carbonyl (C=O) groups excluding carboxylic acids is 1. The number of para-hydroxylation sites is 2. The minimum absolute atomic E-state index is 0.0543. The molecule has 2 aromatic rings. The number of amides is 1. The predicted molar refractivity (Wildman–Crippen MR) is 93.0 cm³/mol. The molecular formula is C18H25N3O4. The van der Waals surface area contributed by atoms with Crippen LogP contribution in [0.2, 0.25) is 0 Å². The second-order valence-electron chi connectivity index (χ2n) is 6.43. The van der Waals surface area contributed by atoms with Gasteiger partial charge in [0, 0.05) is 19.5 Å². The zero-order chi connectivity index (χ0) is 17.8. The molecule has 0 unspecified atom stereocenters. The third kappa shape index (κ3) is 3.84. The highest BCUT2D eigenvalue weighted by Crippen LogP contribution is 2.18. The van der Waals surface area contributed by atoms with Crippen LogP contribution in [-0.2, 0) is 16.1 Å². The van der Waals surface area contributed by atoms with Crippen LogP contribution in [0.15, 0.2) is 30.6 Å². The van der Waals surface area contributed by atoms with Gasteiger partial charge in [0.25, 0.3) is 0 Å². The van der Waals surface area contributed by atoms with E-state index in [1.807, 2.05) is 35.8 Å². The molecule has 1 aliphatic rings. The summed E-state index contributed by atoms with van der Waals surface area (Å²) in [5.41, 5.74) is 1.90. The third-order valence-corrected chi connectivity index (χ3v) is 4.64. The first-order valence-electron chi connectivity index (χ1n) is 8.75. The van der Waals surface area contributed by atoms with E-state index in [0.717, 1.165) is 17.5 Å². The molecule has 0 aliphatic carbocycles. The van der Waals surface area contributed by atoms with E-state index < -0.39 is 18.2 Å². The van der Waals surface area contributed by atoms with Crippen LogP contribution in [0.1, 0.15) is 19.8 Å². The van der Waals surface area contributed by atoms with Gasteiger partial charge in [-0.15, -0.1) is 0 Å². The molecule has 3 atom stereocenters. The lowest BCUT2D eigenvalue weighted by Crippen LogP contribution is -2.57. The van der Waals surface area contributed by atoms with E-state index >= 15 is 0 Å². The first-order chi connectivity index (χ1) is 12.1. The molecule has 7 nitrogen and oxygen atoms in total. The Morgan fingerprint density at radius 1 is 1.36 bits per heavy atom. The van der Waals surface area contributed by atoms with Gasteiger partial charge >= 0.3 is 0 Å². The number of fused-ring (bicyclic) bond motifs is 1. The fourth-order valence-electron chi connectivity index (χ4n) is 3.30. The van der Waals surface area contributed by atoms with E-state index in [0.29, 0.717) is 19.5 Å². The summed E-state index contributed by atoms with van der Waals surface area (Å²) in [4.78, 5) is 18.7. The molecule has 0 spiro atoms. The SMILES string of the molecule is CCCN(C(=O)CCn1cnc2ccccc21)[C@@H]1COC[C@@H](O)[C@H]1O. The Labute approximate surface area is 146 Å².